The van der Waals surface area contributed by atoms with Crippen LogP contribution in [-0.4, -0.2) is 71.1 Å². The van der Waals surface area contributed by atoms with E-state index in [-0.39, 0.29) is 19.6 Å². The molecule has 0 saturated carbocycles. The number of carboxylic acids is 1. The van der Waals surface area contributed by atoms with E-state index in [1.807, 2.05) is 13.8 Å². The van der Waals surface area contributed by atoms with Gasteiger partial charge in [0.15, 0.2) is 0 Å². The van der Waals surface area contributed by atoms with E-state index >= 15 is 0 Å². The van der Waals surface area contributed by atoms with Gasteiger partial charge in [0.1, 0.15) is 11.6 Å². The standard InChI is InChI=1S/C19H37N3O6/c1-14(2)9-11-22(12-13-23)17(26)21-15(16(24)25)8-6-7-10-20-18(27)28-19(3,4)5/h14-15,23H,6-13H2,1-5H3,(H,20,27)(H,21,26)(H,24,25). The lowest BCUT2D eigenvalue weighted by atomic mass is 10.1. The predicted molar refractivity (Wildman–Crippen MR) is 106 cm³/mol. The Morgan fingerprint density at radius 1 is 1.07 bits per heavy atom. The maximum atomic E-state index is 12.3. The van der Waals surface area contributed by atoms with Crippen molar-refractivity contribution in [2.75, 3.05) is 26.2 Å². The number of carbonyl (C=O) groups is 3. The molecule has 0 aliphatic rings. The molecule has 164 valence electrons. The number of aliphatic hydroxyl groups excluding tert-OH is 1. The molecule has 3 amide bonds. The van der Waals surface area contributed by atoms with Gasteiger partial charge in [-0.15, -0.1) is 0 Å². The first kappa shape index (κ1) is 26.0. The monoisotopic (exact) mass is 403 g/mol. The summed E-state index contributed by atoms with van der Waals surface area (Å²) in [5.74, 6) is -0.719. The van der Waals surface area contributed by atoms with Crippen LogP contribution in [0, 0.1) is 5.92 Å². The highest BCUT2D eigenvalue weighted by atomic mass is 16.6. The Morgan fingerprint density at radius 3 is 2.21 bits per heavy atom. The van der Waals surface area contributed by atoms with Gasteiger partial charge in [-0.1, -0.05) is 13.8 Å². The third-order valence-corrected chi connectivity index (χ3v) is 3.82. The van der Waals surface area contributed by atoms with Crippen molar-refractivity contribution >= 4 is 18.1 Å². The molecule has 1 unspecified atom stereocenters. The number of amides is 3. The molecule has 0 rings (SSSR count). The van der Waals surface area contributed by atoms with Gasteiger partial charge in [-0.25, -0.2) is 14.4 Å². The minimum Gasteiger partial charge on any atom is -0.480 e. The Labute approximate surface area is 167 Å². The molecule has 0 bridgehead atoms. The molecule has 9 nitrogen and oxygen atoms in total. The van der Waals surface area contributed by atoms with Crippen molar-refractivity contribution in [3.63, 3.8) is 0 Å². The molecule has 0 spiro atoms. The van der Waals surface area contributed by atoms with Gasteiger partial charge in [0.2, 0.25) is 0 Å². The van der Waals surface area contributed by atoms with Crippen molar-refractivity contribution < 1.29 is 29.3 Å². The minimum absolute atomic E-state index is 0.157. The largest absolute Gasteiger partial charge is 0.480 e. The maximum Gasteiger partial charge on any atom is 0.407 e. The van der Waals surface area contributed by atoms with Crippen molar-refractivity contribution in [3.8, 4) is 0 Å². The van der Waals surface area contributed by atoms with E-state index in [0.29, 0.717) is 31.8 Å². The summed E-state index contributed by atoms with van der Waals surface area (Å²) in [6, 6.07) is -1.51. The second-order valence-electron chi connectivity index (χ2n) is 8.16. The highest BCUT2D eigenvalue weighted by molar-refractivity contribution is 5.82. The van der Waals surface area contributed by atoms with Crippen LogP contribution < -0.4 is 10.6 Å². The molecule has 28 heavy (non-hydrogen) atoms. The number of aliphatic hydroxyl groups is 1. The Kier molecular flexibility index (Phi) is 12.2. The van der Waals surface area contributed by atoms with Crippen molar-refractivity contribution in [1.29, 1.82) is 0 Å². The molecule has 9 heteroatoms. The summed E-state index contributed by atoms with van der Waals surface area (Å²) in [7, 11) is 0. The van der Waals surface area contributed by atoms with E-state index in [1.165, 1.54) is 4.90 Å². The van der Waals surface area contributed by atoms with Crippen LogP contribution in [0.4, 0.5) is 9.59 Å². The number of carbonyl (C=O) groups excluding carboxylic acids is 2. The molecular formula is C19H37N3O6. The van der Waals surface area contributed by atoms with Crippen molar-refractivity contribution in [2.45, 2.75) is 71.9 Å². The number of rotatable bonds is 12. The van der Waals surface area contributed by atoms with Gasteiger partial charge >= 0.3 is 18.1 Å². The summed E-state index contributed by atoms with van der Waals surface area (Å²) in [5.41, 5.74) is -0.571. The fourth-order valence-electron chi connectivity index (χ4n) is 2.33. The third-order valence-electron chi connectivity index (χ3n) is 3.82. The van der Waals surface area contributed by atoms with Crippen LogP contribution in [0.25, 0.3) is 0 Å². The molecule has 0 fully saturated rings. The van der Waals surface area contributed by atoms with Gasteiger partial charge in [-0.3, -0.25) is 0 Å². The Bertz CT molecular complexity index is 491. The lowest BCUT2D eigenvalue weighted by molar-refractivity contribution is -0.139. The lowest BCUT2D eigenvalue weighted by Gasteiger charge is -2.25. The zero-order valence-corrected chi connectivity index (χ0v) is 17.8. The molecule has 0 aromatic heterocycles. The average molecular weight is 404 g/mol. The second kappa shape index (κ2) is 13.2. The maximum absolute atomic E-state index is 12.3. The van der Waals surface area contributed by atoms with E-state index in [0.717, 1.165) is 6.42 Å². The van der Waals surface area contributed by atoms with Crippen molar-refractivity contribution in [2.24, 2.45) is 5.92 Å². The first-order valence-electron chi connectivity index (χ1n) is 9.82. The van der Waals surface area contributed by atoms with Crippen LogP contribution in [0.3, 0.4) is 0 Å². The summed E-state index contributed by atoms with van der Waals surface area (Å²) in [6.07, 6.45) is 1.57. The summed E-state index contributed by atoms with van der Waals surface area (Å²) >= 11 is 0. The Balaban J connectivity index is 4.38. The molecule has 0 aromatic rings. The predicted octanol–water partition coefficient (Wildman–Crippen LogP) is 2.18. The number of alkyl carbamates (subject to hydrolysis) is 1. The van der Waals surface area contributed by atoms with Crippen LogP contribution in [0.1, 0.15) is 60.3 Å². The summed E-state index contributed by atoms with van der Waals surface area (Å²) in [5, 5.41) is 23.6. The van der Waals surface area contributed by atoms with Crippen LogP contribution in [0.2, 0.25) is 0 Å². The molecule has 1 atom stereocenters. The normalized spacial score (nSPS) is 12.4. The average Bonchev–Trinajstić information content (AvgIpc) is 2.54. The van der Waals surface area contributed by atoms with Gasteiger partial charge in [0, 0.05) is 19.6 Å². The molecule has 0 saturated heterocycles. The number of unbranched alkanes of at least 4 members (excludes halogenated alkanes) is 1. The number of nitrogens with zero attached hydrogens (tertiary/aromatic N) is 1. The van der Waals surface area contributed by atoms with E-state index < -0.39 is 29.7 Å². The molecule has 0 radical (unpaired) electrons. The van der Waals surface area contributed by atoms with Gasteiger partial charge in [0.05, 0.1) is 6.61 Å². The topological polar surface area (TPSA) is 128 Å². The number of hydrogen-bond acceptors (Lipinski definition) is 5. The molecule has 0 aromatic carbocycles. The van der Waals surface area contributed by atoms with E-state index in [9.17, 15) is 19.5 Å². The first-order chi connectivity index (χ1) is 13.0. The molecule has 0 aliphatic carbocycles. The highest BCUT2D eigenvalue weighted by Crippen LogP contribution is 2.07. The van der Waals surface area contributed by atoms with Crippen LogP contribution in [-0.2, 0) is 9.53 Å². The van der Waals surface area contributed by atoms with Gasteiger partial charge in [0.25, 0.3) is 0 Å². The fraction of sp³-hybridized carbons (Fsp3) is 0.842. The van der Waals surface area contributed by atoms with Crippen LogP contribution in [0.15, 0.2) is 0 Å². The molecular weight excluding hydrogens is 366 g/mol. The first-order valence-corrected chi connectivity index (χ1v) is 9.82. The van der Waals surface area contributed by atoms with Crippen LogP contribution in [0.5, 0.6) is 0 Å². The zero-order chi connectivity index (χ0) is 21.7. The number of nitrogens with one attached hydrogen (secondary N) is 2. The lowest BCUT2D eigenvalue weighted by Crippen LogP contribution is -2.49. The number of ether oxygens (including phenoxy) is 1. The molecule has 0 heterocycles. The SMILES string of the molecule is CC(C)CCN(CCO)C(=O)NC(CCCCNC(=O)OC(C)(C)C)C(=O)O. The smallest absolute Gasteiger partial charge is 0.407 e. The van der Waals surface area contributed by atoms with Crippen molar-refractivity contribution in [1.82, 2.24) is 15.5 Å². The highest BCUT2D eigenvalue weighted by Gasteiger charge is 2.23. The van der Waals surface area contributed by atoms with Crippen LogP contribution >= 0.6 is 0 Å². The Hall–Kier alpha value is -2.03. The summed E-state index contributed by atoms with van der Waals surface area (Å²) < 4.78 is 5.12. The van der Waals surface area contributed by atoms with E-state index in [1.54, 1.807) is 20.8 Å². The number of carboxylic acid groups (broad SMARTS) is 1. The summed E-state index contributed by atoms with van der Waals surface area (Å²) in [6.45, 7) is 10.2. The molecule has 4 N–H and O–H groups in total. The minimum atomic E-state index is -1.11. The zero-order valence-electron chi connectivity index (χ0n) is 17.8. The third kappa shape index (κ3) is 13.2. The van der Waals surface area contributed by atoms with Gasteiger partial charge < -0.3 is 30.5 Å². The van der Waals surface area contributed by atoms with E-state index in [2.05, 4.69) is 10.6 Å². The number of hydrogen-bond donors (Lipinski definition) is 4. The Morgan fingerprint density at radius 2 is 1.71 bits per heavy atom. The van der Waals surface area contributed by atoms with Crippen molar-refractivity contribution in [3.05, 3.63) is 0 Å². The quantitative estimate of drug-likeness (QED) is 0.370. The fourth-order valence-corrected chi connectivity index (χ4v) is 2.33. The second-order valence-corrected chi connectivity index (χ2v) is 8.16. The van der Waals surface area contributed by atoms with E-state index in [4.69, 9.17) is 9.84 Å². The van der Waals surface area contributed by atoms with Gasteiger partial charge in [-0.05, 0) is 52.4 Å². The van der Waals surface area contributed by atoms with Gasteiger partial charge in [-0.2, -0.15) is 0 Å². The number of aliphatic carboxylic acids is 1. The summed E-state index contributed by atoms with van der Waals surface area (Å²) in [4.78, 5) is 36.8. The molecule has 0 aliphatic heterocycles. The number of urea groups is 1.